The van der Waals surface area contributed by atoms with E-state index in [1.807, 2.05) is 6.07 Å². The Morgan fingerprint density at radius 2 is 2.19 bits per heavy atom. The minimum atomic E-state index is -0.349. The van der Waals surface area contributed by atoms with Crippen LogP contribution >= 0.6 is 15.9 Å². The minimum Gasteiger partial charge on any atom is -0.312 e. The lowest BCUT2D eigenvalue weighted by atomic mass is 10.1. The molecule has 1 aromatic rings. The minimum absolute atomic E-state index is 0.134. The Balaban J connectivity index is 1.49. The van der Waals surface area contributed by atoms with Gasteiger partial charge in [-0.05, 0) is 59.8 Å². The Hall–Kier alpha value is -0.980. The molecule has 1 aromatic carbocycles. The maximum absolute atomic E-state index is 10.9. The first-order chi connectivity index (χ1) is 10.1. The first-order valence-electron chi connectivity index (χ1n) is 7.51. The molecule has 1 atom stereocenters. The summed E-state index contributed by atoms with van der Waals surface area (Å²) in [4.78, 5) is 13.2. The molecule has 21 heavy (non-hydrogen) atoms. The third kappa shape index (κ3) is 3.62. The first-order valence-corrected chi connectivity index (χ1v) is 8.31. The van der Waals surface area contributed by atoms with Gasteiger partial charge in [0.05, 0.1) is 9.40 Å². The van der Waals surface area contributed by atoms with Crippen LogP contribution in [0.25, 0.3) is 0 Å². The van der Waals surface area contributed by atoms with Gasteiger partial charge in [0.25, 0.3) is 5.69 Å². The molecule has 1 heterocycles. The van der Waals surface area contributed by atoms with Crippen LogP contribution in [0.5, 0.6) is 0 Å². The third-order valence-corrected chi connectivity index (χ3v) is 5.30. The highest BCUT2D eigenvalue weighted by Crippen LogP contribution is 2.31. The van der Waals surface area contributed by atoms with E-state index in [1.54, 1.807) is 6.07 Å². The molecular weight excluding hydrogens is 334 g/mol. The molecule has 1 unspecified atom stereocenters. The van der Waals surface area contributed by atoms with Crippen molar-refractivity contribution in [2.75, 3.05) is 19.6 Å². The van der Waals surface area contributed by atoms with E-state index < -0.39 is 0 Å². The standard InChI is InChI=1S/C15H20BrN3O2/c16-15-12(2-1-3-14(15)19(20)21)9-17-8-11-6-7-18(10-11)13-4-5-13/h1-3,11,13,17H,4-10H2. The first kappa shape index (κ1) is 14.9. The molecule has 5 nitrogen and oxygen atoms in total. The van der Waals surface area contributed by atoms with E-state index >= 15 is 0 Å². The maximum Gasteiger partial charge on any atom is 0.283 e. The lowest BCUT2D eigenvalue weighted by Gasteiger charge is -2.15. The third-order valence-electron chi connectivity index (χ3n) is 4.38. The predicted octanol–water partition coefficient (Wildman–Crippen LogP) is 2.93. The number of nitro groups is 1. The molecule has 0 radical (unpaired) electrons. The highest BCUT2D eigenvalue weighted by Gasteiger charge is 2.34. The monoisotopic (exact) mass is 353 g/mol. The van der Waals surface area contributed by atoms with Crippen molar-refractivity contribution in [3.63, 3.8) is 0 Å². The van der Waals surface area contributed by atoms with E-state index in [1.165, 1.54) is 38.4 Å². The Labute approximate surface area is 133 Å². The fourth-order valence-corrected chi connectivity index (χ4v) is 3.60. The van der Waals surface area contributed by atoms with Gasteiger partial charge >= 0.3 is 0 Å². The molecule has 6 heteroatoms. The maximum atomic E-state index is 10.9. The van der Waals surface area contributed by atoms with Gasteiger partial charge in [0.1, 0.15) is 0 Å². The molecule has 3 rings (SSSR count). The number of hydrogen-bond acceptors (Lipinski definition) is 4. The molecule has 1 aliphatic carbocycles. The number of halogens is 1. The zero-order valence-electron chi connectivity index (χ0n) is 11.9. The Morgan fingerprint density at radius 3 is 2.90 bits per heavy atom. The van der Waals surface area contributed by atoms with E-state index in [0.29, 0.717) is 16.9 Å². The molecule has 114 valence electrons. The van der Waals surface area contributed by atoms with Gasteiger partial charge in [0.2, 0.25) is 0 Å². The van der Waals surface area contributed by atoms with Crippen LogP contribution in [0.3, 0.4) is 0 Å². The average Bonchev–Trinajstić information content (AvgIpc) is 3.20. The molecule has 1 saturated heterocycles. The van der Waals surface area contributed by atoms with Crippen molar-refractivity contribution in [2.45, 2.75) is 31.8 Å². The fourth-order valence-electron chi connectivity index (χ4n) is 3.06. The normalized spacial score (nSPS) is 22.6. The van der Waals surface area contributed by atoms with Crippen molar-refractivity contribution in [3.05, 3.63) is 38.3 Å². The number of benzene rings is 1. The lowest BCUT2D eigenvalue weighted by molar-refractivity contribution is -0.385. The van der Waals surface area contributed by atoms with Crippen LogP contribution in [0.4, 0.5) is 5.69 Å². The smallest absolute Gasteiger partial charge is 0.283 e. The van der Waals surface area contributed by atoms with E-state index in [2.05, 4.69) is 26.1 Å². The number of hydrogen-bond donors (Lipinski definition) is 1. The second-order valence-corrected chi connectivity index (χ2v) is 6.81. The number of nitrogens with zero attached hydrogens (tertiary/aromatic N) is 2. The molecule has 0 bridgehead atoms. The molecular formula is C15H20BrN3O2. The van der Waals surface area contributed by atoms with Gasteiger partial charge < -0.3 is 10.2 Å². The molecule has 0 amide bonds. The molecule has 0 aromatic heterocycles. The van der Waals surface area contributed by atoms with Crippen molar-refractivity contribution < 1.29 is 4.92 Å². The van der Waals surface area contributed by atoms with Gasteiger partial charge in [0, 0.05) is 25.2 Å². The van der Waals surface area contributed by atoms with Gasteiger partial charge in [-0.15, -0.1) is 0 Å². The Morgan fingerprint density at radius 1 is 1.38 bits per heavy atom. The highest BCUT2D eigenvalue weighted by atomic mass is 79.9. The summed E-state index contributed by atoms with van der Waals surface area (Å²) < 4.78 is 0.591. The average molecular weight is 354 g/mol. The quantitative estimate of drug-likeness (QED) is 0.630. The predicted molar refractivity (Wildman–Crippen MR) is 85.2 cm³/mol. The van der Waals surface area contributed by atoms with Gasteiger partial charge in [-0.1, -0.05) is 12.1 Å². The van der Waals surface area contributed by atoms with Crippen LogP contribution < -0.4 is 5.32 Å². The van der Waals surface area contributed by atoms with Gasteiger partial charge in [0.15, 0.2) is 0 Å². The Bertz CT molecular complexity index is 534. The molecule has 1 saturated carbocycles. The summed E-state index contributed by atoms with van der Waals surface area (Å²) in [7, 11) is 0. The van der Waals surface area contributed by atoms with Crippen LogP contribution in [0.15, 0.2) is 22.7 Å². The number of nitrogens with one attached hydrogen (secondary N) is 1. The molecule has 0 spiro atoms. The van der Waals surface area contributed by atoms with Crippen molar-refractivity contribution in [1.82, 2.24) is 10.2 Å². The van der Waals surface area contributed by atoms with E-state index in [9.17, 15) is 10.1 Å². The zero-order valence-corrected chi connectivity index (χ0v) is 13.5. The van der Waals surface area contributed by atoms with E-state index in [4.69, 9.17) is 0 Å². The van der Waals surface area contributed by atoms with E-state index in [0.717, 1.165) is 18.2 Å². The SMILES string of the molecule is O=[N+]([O-])c1cccc(CNCC2CCN(C3CC3)C2)c1Br. The van der Waals surface area contributed by atoms with Crippen LogP contribution in [0.1, 0.15) is 24.8 Å². The van der Waals surface area contributed by atoms with Crippen LogP contribution in [0.2, 0.25) is 0 Å². The van der Waals surface area contributed by atoms with Crippen molar-refractivity contribution in [2.24, 2.45) is 5.92 Å². The van der Waals surface area contributed by atoms with Crippen LogP contribution in [-0.2, 0) is 6.54 Å². The second-order valence-electron chi connectivity index (χ2n) is 6.02. The summed E-state index contributed by atoms with van der Waals surface area (Å²) in [5.74, 6) is 0.711. The van der Waals surface area contributed by atoms with Crippen molar-refractivity contribution in [3.8, 4) is 0 Å². The van der Waals surface area contributed by atoms with Gasteiger partial charge in [-0.2, -0.15) is 0 Å². The number of nitro benzene ring substituents is 1. The summed E-state index contributed by atoms with van der Waals surface area (Å²) in [6.45, 7) is 4.09. The fraction of sp³-hybridized carbons (Fsp3) is 0.600. The summed E-state index contributed by atoms with van der Waals surface area (Å²) in [5, 5.41) is 14.4. The van der Waals surface area contributed by atoms with Crippen LogP contribution in [-0.4, -0.2) is 35.5 Å². The molecule has 2 aliphatic rings. The molecule has 1 aliphatic heterocycles. The molecule has 2 fully saturated rings. The van der Waals surface area contributed by atoms with E-state index in [-0.39, 0.29) is 10.6 Å². The number of rotatable bonds is 6. The highest BCUT2D eigenvalue weighted by molar-refractivity contribution is 9.10. The summed E-state index contributed by atoms with van der Waals surface area (Å²) >= 11 is 3.34. The summed E-state index contributed by atoms with van der Waals surface area (Å²) in [5.41, 5.74) is 1.08. The Kier molecular flexibility index (Phi) is 4.57. The van der Waals surface area contributed by atoms with Crippen molar-refractivity contribution >= 4 is 21.6 Å². The lowest BCUT2D eigenvalue weighted by Crippen LogP contribution is -2.27. The topological polar surface area (TPSA) is 58.4 Å². The second kappa shape index (κ2) is 6.42. The largest absolute Gasteiger partial charge is 0.312 e. The van der Waals surface area contributed by atoms with Crippen molar-refractivity contribution in [1.29, 1.82) is 0 Å². The van der Waals surface area contributed by atoms with Crippen LogP contribution in [0, 0.1) is 16.0 Å². The van der Waals surface area contributed by atoms with Gasteiger partial charge in [-0.3, -0.25) is 10.1 Å². The summed E-state index contributed by atoms with van der Waals surface area (Å²) in [6.07, 6.45) is 4.02. The summed E-state index contributed by atoms with van der Waals surface area (Å²) in [6, 6.07) is 6.05. The number of likely N-dealkylation sites (tertiary alicyclic amines) is 1. The molecule has 1 N–H and O–H groups in total. The zero-order chi connectivity index (χ0) is 14.8. The van der Waals surface area contributed by atoms with Gasteiger partial charge in [-0.25, -0.2) is 0 Å².